The molecule has 2 aliphatic heterocycles. The minimum atomic E-state index is -0.405. The summed E-state index contributed by atoms with van der Waals surface area (Å²) in [5, 5.41) is 2.69. The zero-order chi connectivity index (χ0) is 21.0. The van der Waals surface area contributed by atoms with Crippen LogP contribution in [0.15, 0.2) is 0 Å². The normalized spacial score (nSPS) is 23.6. The minimum Gasteiger partial charge on any atom is -0.382 e. The smallest absolute Gasteiger partial charge is 0.273 e. The van der Waals surface area contributed by atoms with Gasteiger partial charge in [0.1, 0.15) is 0 Å². The summed E-state index contributed by atoms with van der Waals surface area (Å²) in [6, 6.07) is 0.837. The molecule has 2 atom stereocenters. The zero-order valence-corrected chi connectivity index (χ0v) is 17.9. The van der Waals surface area contributed by atoms with Crippen LogP contribution >= 0.6 is 11.6 Å². The van der Waals surface area contributed by atoms with Crippen molar-refractivity contribution < 1.29 is 9.59 Å². The number of anilines is 2. The van der Waals surface area contributed by atoms with Crippen LogP contribution in [0, 0.1) is 0 Å². The molecule has 29 heavy (non-hydrogen) atoms. The van der Waals surface area contributed by atoms with E-state index in [0.29, 0.717) is 17.9 Å². The van der Waals surface area contributed by atoms with E-state index in [1.807, 2.05) is 4.90 Å². The van der Waals surface area contributed by atoms with Gasteiger partial charge in [-0.3, -0.25) is 14.5 Å². The maximum Gasteiger partial charge on any atom is 0.273 e. The highest BCUT2D eigenvalue weighted by atomic mass is 35.5. The fourth-order valence-corrected chi connectivity index (χ4v) is 4.60. The first-order valence-electron chi connectivity index (χ1n) is 10.2. The molecular formula is C19H30ClN7O2. The number of aromatic nitrogens is 2. The number of hydrogen-bond acceptors (Lipinski definition) is 7. The third-order valence-corrected chi connectivity index (χ3v) is 6.21. The number of piperazine rings is 1. The number of hydrogen-bond donors (Lipinski definition) is 2. The van der Waals surface area contributed by atoms with Crippen molar-refractivity contribution in [2.45, 2.75) is 44.7 Å². The van der Waals surface area contributed by atoms with Crippen molar-refractivity contribution in [3.8, 4) is 0 Å². The van der Waals surface area contributed by atoms with Gasteiger partial charge in [0.05, 0.1) is 0 Å². The van der Waals surface area contributed by atoms with Gasteiger partial charge in [-0.2, -0.15) is 0 Å². The molecule has 9 nitrogen and oxygen atoms in total. The number of nitrogens with two attached hydrogens (primary N) is 1. The first kappa shape index (κ1) is 21.6. The third-order valence-electron chi connectivity index (χ3n) is 5.95. The molecule has 10 heteroatoms. The Kier molecular flexibility index (Phi) is 7.13. The van der Waals surface area contributed by atoms with Crippen molar-refractivity contribution in [1.82, 2.24) is 25.1 Å². The Bertz CT molecular complexity index is 748. The maximum atomic E-state index is 11.9. The highest BCUT2D eigenvalue weighted by Crippen LogP contribution is 2.29. The van der Waals surface area contributed by atoms with Crippen LogP contribution in [0.2, 0.25) is 5.15 Å². The molecule has 3 rings (SSSR count). The van der Waals surface area contributed by atoms with Gasteiger partial charge >= 0.3 is 0 Å². The number of amides is 2. The number of rotatable bonds is 5. The maximum absolute atomic E-state index is 11.9. The molecule has 0 bridgehead atoms. The fourth-order valence-electron chi connectivity index (χ4n) is 4.35. The van der Waals surface area contributed by atoms with Crippen LogP contribution in [0.3, 0.4) is 0 Å². The number of likely N-dealkylation sites (tertiary alicyclic amines) is 1. The van der Waals surface area contributed by atoms with E-state index in [1.165, 1.54) is 7.05 Å². The summed E-state index contributed by atoms with van der Waals surface area (Å²) in [5.74, 6) is 0.206. The Labute approximate surface area is 176 Å². The van der Waals surface area contributed by atoms with Crippen molar-refractivity contribution in [3.05, 3.63) is 10.8 Å². The van der Waals surface area contributed by atoms with Crippen molar-refractivity contribution in [2.75, 3.05) is 50.4 Å². The first-order valence-corrected chi connectivity index (χ1v) is 10.6. The van der Waals surface area contributed by atoms with Crippen molar-refractivity contribution in [2.24, 2.45) is 0 Å². The fraction of sp³-hybridized carbons (Fsp3) is 0.684. The van der Waals surface area contributed by atoms with E-state index in [9.17, 15) is 9.59 Å². The van der Waals surface area contributed by atoms with Crippen molar-refractivity contribution in [3.63, 3.8) is 0 Å². The van der Waals surface area contributed by atoms with Crippen LogP contribution < -0.4 is 16.0 Å². The Morgan fingerprint density at radius 1 is 1.28 bits per heavy atom. The Balaban J connectivity index is 1.73. The third kappa shape index (κ3) is 4.72. The SMILES string of the molecule is CCC1CN(c2nc(N)c(C(=O)NC)nc2Cl)CCN1C1CCCN(C=O)CC1. The molecule has 0 aliphatic carbocycles. The van der Waals surface area contributed by atoms with E-state index in [-0.39, 0.29) is 16.7 Å². The summed E-state index contributed by atoms with van der Waals surface area (Å²) in [6.45, 7) is 6.28. The number of carbonyl (C=O) groups excluding carboxylic acids is 2. The van der Waals surface area contributed by atoms with Crippen LogP contribution in [-0.4, -0.2) is 83.9 Å². The topological polar surface area (TPSA) is 108 Å². The lowest BCUT2D eigenvalue weighted by Crippen LogP contribution is -2.56. The summed E-state index contributed by atoms with van der Waals surface area (Å²) in [5.41, 5.74) is 6.01. The molecule has 0 spiro atoms. The molecule has 0 aromatic carbocycles. The number of halogens is 1. The van der Waals surface area contributed by atoms with E-state index >= 15 is 0 Å². The summed E-state index contributed by atoms with van der Waals surface area (Å²) in [6.07, 6.45) is 5.11. The van der Waals surface area contributed by atoms with E-state index in [1.54, 1.807) is 0 Å². The summed E-state index contributed by atoms with van der Waals surface area (Å²) in [7, 11) is 1.51. The largest absolute Gasteiger partial charge is 0.382 e. The number of nitrogen functional groups attached to an aromatic ring is 1. The van der Waals surface area contributed by atoms with E-state index in [4.69, 9.17) is 17.3 Å². The summed E-state index contributed by atoms with van der Waals surface area (Å²) < 4.78 is 0. The summed E-state index contributed by atoms with van der Waals surface area (Å²) in [4.78, 5) is 38.1. The standard InChI is InChI=1S/C19H30ClN7O2/c1-3-13-11-26(18-16(20)23-15(17(21)24-18)19(29)22-2)9-10-27(13)14-5-4-7-25(12-28)8-6-14/h12-14H,3-11H2,1-2H3,(H2,21,24)(H,22,29). The van der Waals surface area contributed by atoms with Gasteiger partial charge in [-0.1, -0.05) is 18.5 Å². The quantitative estimate of drug-likeness (QED) is 0.679. The highest BCUT2D eigenvalue weighted by Gasteiger charge is 2.33. The lowest BCUT2D eigenvalue weighted by molar-refractivity contribution is -0.118. The van der Waals surface area contributed by atoms with Crippen LogP contribution in [0.25, 0.3) is 0 Å². The van der Waals surface area contributed by atoms with Gasteiger partial charge < -0.3 is 20.9 Å². The van der Waals surface area contributed by atoms with Gasteiger partial charge in [0, 0.05) is 51.9 Å². The molecule has 1 aromatic rings. The molecule has 160 valence electrons. The Morgan fingerprint density at radius 2 is 2.07 bits per heavy atom. The van der Waals surface area contributed by atoms with Crippen LogP contribution in [-0.2, 0) is 4.79 Å². The highest BCUT2D eigenvalue weighted by molar-refractivity contribution is 6.32. The zero-order valence-electron chi connectivity index (χ0n) is 17.1. The lowest BCUT2D eigenvalue weighted by Gasteiger charge is -2.45. The molecule has 2 amide bonds. The molecule has 3 N–H and O–H groups in total. The van der Waals surface area contributed by atoms with Crippen molar-refractivity contribution >= 4 is 35.6 Å². The average molecular weight is 424 g/mol. The summed E-state index contributed by atoms with van der Waals surface area (Å²) >= 11 is 6.36. The second-order valence-corrected chi connectivity index (χ2v) is 7.98. The number of nitrogens with one attached hydrogen (secondary N) is 1. The number of carbonyl (C=O) groups is 2. The minimum absolute atomic E-state index is 0.0464. The average Bonchev–Trinajstić information content (AvgIpc) is 2.99. The molecule has 0 saturated carbocycles. The van der Waals surface area contributed by atoms with Gasteiger partial charge in [0.2, 0.25) is 6.41 Å². The molecule has 2 aliphatic rings. The van der Waals surface area contributed by atoms with E-state index in [0.717, 1.165) is 64.8 Å². The molecule has 2 fully saturated rings. The van der Waals surface area contributed by atoms with Crippen LogP contribution in [0.4, 0.5) is 11.6 Å². The Hall–Kier alpha value is -2.13. The lowest BCUT2D eigenvalue weighted by atomic mass is 10.0. The molecule has 1 aromatic heterocycles. The van der Waals surface area contributed by atoms with Crippen LogP contribution in [0.5, 0.6) is 0 Å². The molecule has 2 unspecified atom stereocenters. The van der Waals surface area contributed by atoms with E-state index < -0.39 is 5.91 Å². The van der Waals surface area contributed by atoms with Gasteiger partial charge in [0.25, 0.3) is 5.91 Å². The van der Waals surface area contributed by atoms with Crippen LogP contribution in [0.1, 0.15) is 43.1 Å². The van der Waals surface area contributed by atoms with Gasteiger partial charge in [-0.15, -0.1) is 0 Å². The first-order chi connectivity index (χ1) is 14.0. The van der Waals surface area contributed by atoms with E-state index in [2.05, 4.69) is 32.0 Å². The molecular weight excluding hydrogens is 394 g/mol. The van der Waals surface area contributed by atoms with Crippen molar-refractivity contribution in [1.29, 1.82) is 0 Å². The number of nitrogens with zero attached hydrogens (tertiary/aromatic N) is 5. The van der Waals surface area contributed by atoms with Gasteiger partial charge in [-0.25, -0.2) is 9.97 Å². The van der Waals surface area contributed by atoms with Gasteiger partial charge in [-0.05, 0) is 25.7 Å². The molecule has 3 heterocycles. The second-order valence-electron chi connectivity index (χ2n) is 7.62. The predicted molar refractivity (Wildman–Crippen MR) is 113 cm³/mol. The molecule has 0 radical (unpaired) electrons. The predicted octanol–water partition coefficient (Wildman–Crippen LogP) is 0.983. The van der Waals surface area contributed by atoms with Gasteiger partial charge in [0.15, 0.2) is 22.5 Å². The molecule has 2 saturated heterocycles. The monoisotopic (exact) mass is 423 g/mol. The Morgan fingerprint density at radius 3 is 2.76 bits per heavy atom. The second kappa shape index (κ2) is 9.58.